The van der Waals surface area contributed by atoms with Gasteiger partial charge in [-0.1, -0.05) is 38.1 Å². The summed E-state index contributed by atoms with van der Waals surface area (Å²) in [6, 6.07) is 8.15. The molecule has 0 spiro atoms. The van der Waals surface area contributed by atoms with Crippen LogP contribution in [0.5, 0.6) is 0 Å². The molecule has 2 bridgehead atoms. The lowest BCUT2D eigenvalue weighted by Crippen LogP contribution is -2.51. The zero-order valence-electron chi connectivity index (χ0n) is 14.5. The lowest BCUT2D eigenvalue weighted by Gasteiger charge is -2.39. The van der Waals surface area contributed by atoms with Crippen LogP contribution >= 0.6 is 0 Å². The zero-order chi connectivity index (χ0) is 18.0. The Morgan fingerprint density at radius 1 is 1.36 bits per heavy atom. The summed E-state index contributed by atoms with van der Waals surface area (Å²) in [5.41, 5.74) is 1.30. The number of hydrogen-bond donors (Lipinski definition) is 1. The third kappa shape index (κ3) is 1.96. The Bertz CT molecular complexity index is 858. The van der Waals surface area contributed by atoms with Crippen molar-refractivity contribution in [2.45, 2.75) is 44.6 Å². The van der Waals surface area contributed by atoms with Crippen molar-refractivity contribution in [3.05, 3.63) is 52.8 Å². The summed E-state index contributed by atoms with van der Waals surface area (Å²) in [7, 11) is 1.43. The van der Waals surface area contributed by atoms with Gasteiger partial charge in [-0.25, -0.2) is 8.78 Å². The Hall–Kier alpha value is -2.24. The van der Waals surface area contributed by atoms with E-state index in [0.717, 1.165) is 23.1 Å². The molecule has 1 N–H and O–H groups in total. The van der Waals surface area contributed by atoms with Crippen LogP contribution in [0, 0.1) is 5.41 Å². The van der Waals surface area contributed by atoms with Gasteiger partial charge in [0.25, 0.3) is 12.3 Å². The number of amides is 1. The second-order valence-electron chi connectivity index (χ2n) is 7.63. The summed E-state index contributed by atoms with van der Waals surface area (Å²) in [5, 5.41) is 6.98. The highest BCUT2D eigenvalue weighted by atomic mass is 19.3. The maximum atomic E-state index is 13.3. The number of fused-ring (bicyclic) bond motifs is 5. The highest BCUT2D eigenvalue weighted by Crippen LogP contribution is 2.66. The van der Waals surface area contributed by atoms with Crippen LogP contribution in [0.15, 0.2) is 30.5 Å². The summed E-state index contributed by atoms with van der Waals surface area (Å²) in [4.78, 5) is 12.9. The van der Waals surface area contributed by atoms with Gasteiger partial charge in [-0.2, -0.15) is 5.10 Å². The summed E-state index contributed by atoms with van der Waals surface area (Å²) >= 11 is 0. The predicted molar refractivity (Wildman–Crippen MR) is 89.5 cm³/mol. The molecule has 0 radical (unpaired) electrons. The van der Waals surface area contributed by atoms with E-state index in [1.165, 1.54) is 18.8 Å². The van der Waals surface area contributed by atoms with E-state index in [-0.39, 0.29) is 16.7 Å². The van der Waals surface area contributed by atoms with Crippen LogP contribution in [0.1, 0.15) is 66.2 Å². The molecular formula is C19H21F2N3O. The van der Waals surface area contributed by atoms with Crippen LogP contribution in [0.4, 0.5) is 8.78 Å². The quantitative estimate of drug-likeness (QED) is 0.917. The summed E-state index contributed by atoms with van der Waals surface area (Å²) < 4.78 is 27.7. The number of carbonyl (C=O) groups excluding carboxylic acids is 1. The maximum Gasteiger partial charge on any atom is 0.280 e. The number of nitrogens with zero attached hydrogens (tertiary/aromatic N) is 2. The highest BCUT2D eigenvalue weighted by molar-refractivity contribution is 5.96. The molecule has 2 aromatic rings. The van der Waals surface area contributed by atoms with E-state index in [1.54, 1.807) is 0 Å². The average molecular weight is 345 g/mol. The fourth-order valence-electron chi connectivity index (χ4n) is 4.99. The third-order valence-corrected chi connectivity index (χ3v) is 6.34. The predicted octanol–water partition coefficient (Wildman–Crippen LogP) is 3.90. The number of rotatable bonds is 3. The van der Waals surface area contributed by atoms with Crippen LogP contribution < -0.4 is 5.32 Å². The molecule has 4 nitrogen and oxygen atoms in total. The Labute approximate surface area is 145 Å². The normalized spacial score (nSPS) is 26.1. The minimum absolute atomic E-state index is 0.0458. The molecule has 4 rings (SSSR count). The maximum absolute atomic E-state index is 13.3. The molecule has 1 aromatic carbocycles. The summed E-state index contributed by atoms with van der Waals surface area (Å²) in [6.45, 7) is 4.31. The van der Waals surface area contributed by atoms with Gasteiger partial charge in [-0.15, -0.1) is 0 Å². The monoisotopic (exact) mass is 345 g/mol. The number of halogens is 2. The molecule has 2 aliphatic rings. The Kier molecular flexibility index (Phi) is 3.33. The second-order valence-corrected chi connectivity index (χ2v) is 7.63. The number of carbonyl (C=O) groups is 1. The fraction of sp³-hybridized carbons (Fsp3) is 0.474. The van der Waals surface area contributed by atoms with Crippen molar-refractivity contribution in [2.75, 3.05) is 0 Å². The Morgan fingerprint density at radius 2 is 2.08 bits per heavy atom. The van der Waals surface area contributed by atoms with Crippen molar-refractivity contribution < 1.29 is 13.6 Å². The second kappa shape index (κ2) is 5.13. The molecule has 6 heteroatoms. The van der Waals surface area contributed by atoms with Crippen molar-refractivity contribution in [1.82, 2.24) is 15.1 Å². The van der Waals surface area contributed by atoms with Gasteiger partial charge in [-0.05, 0) is 35.3 Å². The smallest absolute Gasteiger partial charge is 0.280 e. The lowest BCUT2D eigenvalue weighted by atomic mass is 9.74. The first kappa shape index (κ1) is 16.2. The van der Waals surface area contributed by atoms with E-state index in [1.807, 2.05) is 18.2 Å². The molecule has 0 aliphatic heterocycles. The van der Waals surface area contributed by atoms with Crippen molar-refractivity contribution in [2.24, 2.45) is 12.5 Å². The van der Waals surface area contributed by atoms with E-state index in [0.29, 0.717) is 5.92 Å². The van der Waals surface area contributed by atoms with Gasteiger partial charge in [0.15, 0.2) is 0 Å². The van der Waals surface area contributed by atoms with Gasteiger partial charge >= 0.3 is 0 Å². The van der Waals surface area contributed by atoms with Crippen LogP contribution in [-0.4, -0.2) is 15.7 Å². The number of aromatic nitrogens is 2. The average Bonchev–Trinajstić information content (AvgIpc) is 3.12. The van der Waals surface area contributed by atoms with Crippen molar-refractivity contribution in [3.63, 3.8) is 0 Å². The SMILES string of the molecule is Cn1ncc(C(=O)NC23CCC(c4ccccc42)C3(C)C)c1C(F)F. The number of aryl methyl sites for hydroxylation is 1. The molecule has 2 unspecified atom stereocenters. The minimum atomic E-state index is -2.74. The van der Waals surface area contributed by atoms with E-state index >= 15 is 0 Å². The first-order chi connectivity index (χ1) is 11.8. The Morgan fingerprint density at radius 3 is 2.80 bits per heavy atom. The molecule has 1 aromatic heterocycles. The summed E-state index contributed by atoms with van der Waals surface area (Å²) in [5.74, 6) is -0.110. The van der Waals surface area contributed by atoms with Crippen LogP contribution in [-0.2, 0) is 12.6 Å². The molecule has 2 aliphatic carbocycles. The highest BCUT2D eigenvalue weighted by Gasteiger charge is 2.62. The lowest BCUT2D eigenvalue weighted by molar-refractivity contribution is 0.0795. The van der Waals surface area contributed by atoms with Gasteiger partial charge in [0, 0.05) is 7.05 Å². The standard InChI is InChI=1S/C19H21F2N3O/c1-18(2)13-8-9-19(18,14-7-5-4-6-11(13)14)23-17(25)12-10-22-24(3)15(12)16(20)21/h4-7,10,13,16H,8-9H2,1-3H3,(H,23,25). The number of hydrogen-bond acceptors (Lipinski definition) is 2. The van der Waals surface area contributed by atoms with Gasteiger partial charge in [0.2, 0.25) is 0 Å². The molecular weight excluding hydrogens is 324 g/mol. The molecule has 1 fully saturated rings. The number of benzene rings is 1. The van der Waals surface area contributed by atoms with Crippen molar-refractivity contribution >= 4 is 5.91 Å². The van der Waals surface area contributed by atoms with Gasteiger partial charge in [0.05, 0.1) is 17.3 Å². The Balaban J connectivity index is 1.77. The molecule has 132 valence electrons. The minimum Gasteiger partial charge on any atom is -0.342 e. The topological polar surface area (TPSA) is 46.9 Å². The number of alkyl halides is 2. The largest absolute Gasteiger partial charge is 0.342 e. The van der Waals surface area contributed by atoms with E-state index in [2.05, 4.69) is 30.3 Å². The van der Waals surface area contributed by atoms with Crippen LogP contribution in [0.25, 0.3) is 0 Å². The van der Waals surface area contributed by atoms with E-state index in [4.69, 9.17) is 0 Å². The molecule has 2 atom stereocenters. The third-order valence-electron chi connectivity index (χ3n) is 6.34. The van der Waals surface area contributed by atoms with Gasteiger partial charge in [-0.3, -0.25) is 9.48 Å². The first-order valence-electron chi connectivity index (χ1n) is 8.51. The van der Waals surface area contributed by atoms with Crippen LogP contribution in [0.2, 0.25) is 0 Å². The molecule has 25 heavy (non-hydrogen) atoms. The zero-order valence-corrected chi connectivity index (χ0v) is 14.5. The number of nitrogens with one attached hydrogen (secondary N) is 1. The summed E-state index contributed by atoms with van der Waals surface area (Å²) in [6.07, 6.45) is 0.288. The molecule has 1 heterocycles. The molecule has 1 amide bonds. The first-order valence-corrected chi connectivity index (χ1v) is 8.51. The van der Waals surface area contributed by atoms with Gasteiger partial charge < -0.3 is 5.32 Å². The van der Waals surface area contributed by atoms with Crippen LogP contribution in [0.3, 0.4) is 0 Å². The molecule has 0 saturated heterocycles. The van der Waals surface area contributed by atoms with Crippen molar-refractivity contribution in [3.8, 4) is 0 Å². The van der Waals surface area contributed by atoms with E-state index in [9.17, 15) is 13.6 Å². The molecule has 1 saturated carbocycles. The van der Waals surface area contributed by atoms with Gasteiger partial charge in [0.1, 0.15) is 5.69 Å². The van der Waals surface area contributed by atoms with E-state index < -0.39 is 17.9 Å². The fourth-order valence-corrected chi connectivity index (χ4v) is 4.99. The van der Waals surface area contributed by atoms with Crippen molar-refractivity contribution in [1.29, 1.82) is 0 Å².